The summed E-state index contributed by atoms with van der Waals surface area (Å²) in [7, 11) is -3.51. The number of primary amides is 1. The van der Waals surface area contributed by atoms with Crippen LogP contribution in [0.1, 0.15) is 9.67 Å². The number of hydrogen-bond donors (Lipinski definition) is 2. The molecule has 1 aromatic carbocycles. The molecule has 2 aromatic heterocycles. The van der Waals surface area contributed by atoms with Crippen molar-refractivity contribution in [1.29, 1.82) is 0 Å². The summed E-state index contributed by atoms with van der Waals surface area (Å²) in [6.45, 7) is 1.77. The minimum Gasteiger partial charge on any atom is -0.397 e. The number of nitrogens with one attached hydrogen (secondary N) is 1. The number of thiophene rings is 1. The predicted molar refractivity (Wildman–Crippen MR) is 109 cm³/mol. The number of H-pyrrole nitrogens is 1. The lowest BCUT2D eigenvalue weighted by molar-refractivity contribution is -0.341. The maximum atomic E-state index is 12.8. The van der Waals surface area contributed by atoms with E-state index in [1.165, 1.54) is 15.6 Å². The summed E-state index contributed by atoms with van der Waals surface area (Å²) in [5.74, 6) is -0.558. The summed E-state index contributed by atoms with van der Waals surface area (Å²) < 4.78 is 27.1. The zero-order valence-corrected chi connectivity index (χ0v) is 16.6. The molecule has 3 heterocycles. The first-order valence-electron chi connectivity index (χ1n) is 8.72. The Bertz CT molecular complexity index is 1140. The van der Waals surface area contributed by atoms with E-state index in [4.69, 9.17) is 11.5 Å². The average Bonchev–Trinajstić information content (AvgIpc) is 3.06. The van der Waals surface area contributed by atoms with Gasteiger partial charge in [-0.15, -0.1) is 0 Å². The van der Waals surface area contributed by atoms with Crippen molar-refractivity contribution in [2.24, 2.45) is 5.73 Å². The summed E-state index contributed by atoms with van der Waals surface area (Å²) in [5.41, 5.74) is 12.8. The van der Waals surface area contributed by atoms with Crippen molar-refractivity contribution in [2.45, 2.75) is 4.90 Å². The highest BCUT2D eigenvalue weighted by Crippen LogP contribution is 2.37. The zero-order valence-electron chi connectivity index (χ0n) is 15.0. The van der Waals surface area contributed by atoms with Crippen molar-refractivity contribution in [1.82, 2.24) is 4.31 Å². The van der Waals surface area contributed by atoms with Gasteiger partial charge in [0, 0.05) is 32.2 Å². The molecule has 1 saturated heterocycles. The highest BCUT2D eigenvalue weighted by atomic mass is 32.2. The van der Waals surface area contributed by atoms with Crippen LogP contribution in [0.3, 0.4) is 0 Å². The fourth-order valence-corrected chi connectivity index (χ4v) is 5.84. The molecular weight excluding hydrogens is 398 g/mol. The molecule has 8 nitrogen and oxygen atoms in total. The maximum Gasteiger partial charge on any atom is 0.272 e. The Morgan fingerprint density at radius 3 is 2.39 bits per heavy atom. The van der Waals surface area contributed by atoms with E-state index in [9.17, 15) is 13.2 Å². The zero-order chi connectivity index (χ0) is 19.9. The van der Waals surface area contributed by atoms with Gasteiger partial charge in [0.05, 0.1) is 16.3 Å². The molecule has 10 heteroatoms. The fourth-order valence-electron chi connectivity index (χ4n) is 3.44. The average molecular weight is 419 g/mol. The fraction of sp³-hybridized carbons (Fsp3) is 0.222. The normalized spacial score (nSPS) is 15.8. The lowest BCUT2D eigenvalue weighted by Gasteiger charge is -2.35. The predicted octanol–water partition coefficient (Wildman–Crippen LogP) is 0.907. The third-order valence-electron chi connectivity index (χ3n) is 4.84. The molecule has 3 aromatic rings. The van der Waals surface area contributed by atoms with Gasteiger partial charge in [-0.2, -0.15) is 4.31 Å². The van der Waals surface area contributed by atoms with E-state index in [0.29, 0.717) is 41.6 Å². The summed E-state index contributed by atoms with van der Waals surface area (Å²) in [6.07, 6.45) is 1.78. The number of nitrogens with two attached hydrogens (primary N) is 2. The molecule has 0 atom stereocenters. The van der Waals surface area contributed by atoms with Gasteiger partial charge in [-0.1, -0.05) is 29.5 Å². The van der Waals surface area contributed by atoms with Gasteiger partial charge in [0.2, 0.25) is 10.0 Å². The number of amides is 1. The summed E-state index contributed by atoms with van der Waals surface area (Å²) in [5, 5.41) is 0.751. The van der Waals surface area contributed by atoms with Crippen molar-refractivity contribution in [3.05, 3.63) is 47.5 Å². The van der Waals surface area contributed by atoms with Gasteiger partial charge in [0.1, 0.15) is 10.3 Å². The Labute approximate surface area is 166 Å². The number of anilines is 2. The number of sulfonamides is 1. The molecule has 1 aliphatic heterocycles. The number of hydrogen-bond acceptors (Lipinski definition) is 6. The van der Waals surface area contributed by atoms with E-state index in [-0.39, 0.29) is 0 Å². The Balaban J connectivity index is 1.60. The van der Waals surface area contributed by atoms with E-state index in [1.807, 2.05) is 6.07 Å². The molecular formula is C18H20N5O3S2+. The number of benzene rings is 1. The van der Waals surface area contributed by atoms with Gasteiger partial charge in [-0.3, -0.25) is 4.79 Å². The molecule has 1 fully saturated rings. The monoisotopic (exact) mass is 418 g/mol. The molecule has 5 N–H and O–H groups in total. The number of piperazine rings is 1. The van der Waals surface area contributed by atoms with Crippen molar-refractivity contribution >= 4 is 48.9 Å². The molecule has 0 aliphatic carbocycles. The first-order valence-corrected chi connectivity index (χ1v) is 11.0. The molecule has 4 rings (SSSR count). The van der Waals surface area contributed by atoms with Crippen LogP contribution >= 0.6 is 11.3 Å². The van der Waals surface area contributed by atoms with Crippen LogP contribution in [0.4, 0.5) is 11.4 Å². The van der Waals surface area contributed by atoms with Gasteiger partial charge >= 0.3 is 0 Å². The second-order valence-electron chi connectivity index (χ2n) is 6.48. The van der Waals surface area contributed by atoms with Crippen molar-refractivity contribution < 1.29 is 18.2 Å². The van der Waals surface area contributed by atoms with Crippen LogP contribution in [0.25, 0.3) is 10.2 Å². The summed E-state index contributed by atoms with van der Waals surface area (Å²) in [4.78, 5) is 18.2. The second kappa shape index (κ2) is 7.04. The first-order chi connectivity index (χ1) is 13.4. The van der Waals surface area contributed by atoms with Crippen molar-refractivity contribution in [3.63, 3.8) is 0 Å². The van der Waals surface area contributed by atoms with Crippen LogP contribution in [-0.2, 0) is 10.0 Å². The van der Waals surface area contributed by atoms with E-state index in [1.54, 1.807) is 36.5 Å². The number of carbonyl (C=O) groups excluding carboxylic acids is 1. The standard InChI is InChI=1S/C18H19N5O3S2/c19-15-14-13(6-7-21-18(14)27-16(15)17(20)24)22-8-10-23(11-9-22)28(25,26)12-4-2-1-3-5-12/h1-7H,8-11,19H2,(H2,20,24)/p+1. The molecule has 0 saturated carbocycles. The lowest BCUT2D eigenvalue weighted by atomic mass is 10.2. The molecule has 1 aliphatic rings. The van der Waals surface area contributed by atoms with E-state index in [2.05, 4.69) is 9.88 Å². The van der Waals surface area contributed by atoms with Crippen LogP contribution in [-0.4, -0.2) is 44.8 Å². The number of aromatic amines is 1. The Kier molecular flexibility index (Phi) is 4.69. The SMILES string of the molecule is NC(=O)c1sc2[nH+]ccc(N3CCN(S(=O)(=O)c4ccccc4)CC3)c2c1N. The third kappa shape index (κ3) is 3.09. The summed E-state index contributed by atoms with van der Waals surface area (Å²) >= 11 is 1.22. The second-order valence-corrected chi connectivity index (χ2v) is 9.44. The van der Waals surface area contributed by atoms with Crippen LogP contribution in [0.2, 0.25) is 0 Å². The smallest absolute Gasteiger partial charge is 0.272 e. The number of rotatable bonds is 4. The van der Waals surface area contributed by atoms with Crippen molar-refractivity contribution in [2.75, 3.05) is 36.8 Å². The number of aromatic nitrogens is 1. The van der Waals surface area contributed by atoms with Crippen LogP contribution in [0, 0.1) is 0 Å². The Morgan fingerprint density at radius 2 is 1.75 bits per heavy atom. The number of carbonyl (C=O) groups is 1. The highest BCUT2D eigenvalue weighted by molar-refractivity contribution is 7.89. The van der Waals surface area contributed by atoms with Gasteiger partial charge in [-0.05, 0) is 12.1 Å². The van der Waals surface area contributed by atoms with Crippen LogP contribution in [0.15, 0.2) is 47.5 Å². The van der Waals surface area contributed by atoms with E-state index >= 15 is 0 Å². The summed E-state index contributed by atoms with van der Waals surface area (Å²) in [6, 6.07) is 10.3. The minimum absolute atomic E-state index is 0.299. The lowest BCUT2D eigenvalue weighted by Crippen LogP contribution is -2.48. The molecule has 0 spiro atoms. The third-order valence-corrected chi connectivity index (χ3v) is 7.91. The molecule has 0 unspecified atom stereocenters. The minimum atomic E-state index is -3.51. The molecule has 146 valence electrons. The molecule has 1 amide bonds. The van der Waals surface area contributed by atoms with E-state index < -0.39 is 15.9 Å². The van der Waals surface area contributed by atoms with Gasteiger partial charge in [0.15, 0.2) is 6.20 Å². The molecule has 0 radical (unpaired) electrons. The number of nitrogen functional groups attached to an aromatic ring is 1. The van der Waals surface area contributed by atoms with Gasteiger partial charge in [-0.25, -0.2) is 13.4 Å². The van der Waals surface area contributed by atoms with E-state index in [0.717, 1.165) is 15.9 Å². The van der Waals surface area contributed by atoms with Crippen LogP contribution < -0.4 is 21.4 Å². The topological polar surface area (TPSA) is 124 Å². The Hall–Kier alpha value is -2.69. The van der Waals surface area contributed by atoms with Crippen LogP contribution in [0.5, 0.6) is 0 Å². The largest absolute Gasteiger partial charge is 0.397 e. The highest BCUT2D eigenvalue weighted by Gasteiger charge is 2.30. The quantitative estimate of drug-likeness (QED) is 0.652. The Morgan fingerprint density at radius 1 is 1.07 bits per heavy atom. The maximum absolute atomic E-state index is 12.8. The van der Waals surface area contributed by atoms with Crippen molar-refractivity contribution in [3.8, 4) is 0 Å². The molecule has 28 heavy (non-hydrogen) atoms. The number of pyridine rings is 1. The molecule has 0 bridgehead atoms. The first kappa shape index (κ1) is 18.7. The van der Waals surface area contributed by atoms with Gasteiger partial charge in [0.25, 0.3) is 10.7 Å². The van der Waals surface area contributed by atoms with Gasteiger partial charge < -0.3 is 16.4 Å². The number of nitrogens with zero attached hydrogens (tertiary/aromatic N) is 2. The number of fused-ring (bicyclic) bond motifs is 1.